The molecule has 0 amide bonds. The zero-order valence-corrected chi connectivity index (χ0v) is 17.5. The maximum absolute atomic E-state index is 12.9. The van der Waals surface area contributed by atoms with Crippen molar-refractivity contribution in [3.8, 4) is 11.3 Å². The number of hydrogen-bond acceptors (Lipinski definition) is 5. The van der Waals surface area contributed by atoms with Gasteiger partial charge >= 0.3 is 0 Å². The molecular formula is C22H23N3O4S. The summed E-state index contributed by atoms with van der Waals surface area (Å²) >= 11 is 0. The molecule has 2 heterocycles. The fourth-order valence-electron chi connectivity index (χ4n) is 3.22. The second-order valence-corrected chi connectivity index (χ2v) is 8.72. The number of rotatable bonds is 5. The lowest BCUT2D eigenvalue weighted by atomic mass is 10.1. The summed E-state index contributed by atoms with van der Waals surface area (Å²) in [5.74, 6) is 0.979. The van der Waals surface area contributed by atoms with E-state index in [1.165, 1.54) is 0 Å². The van der Waals surface area contributed by atoms with E-state index in [-0.39, 0.29) is 11.3 Å². The first-order valence-electron chi connectivity index (χ1n) is 9.75. The Balaban J connectivity index is 1.64. The predicted octanol–water partition coefficient (Wildman–Crippen LogP) is 3.31. The van der Waals surface area contributed by atoms with Gasteiger partial charge in [-0.05, 0) is 19.1 Å². The highest BCUT2D eigenvalue weighted by Crippen LogP contribution is 2.21. The quantitative estimate of drug-likeness (QED) is 0.461. The highest BCUT2D eigenvalue weighted by molar-refractivity contribution is 7.90. The van der Waals surface area contributed by atoms with Crippen molar-refractivity contribution < 1.29 is 17.7 Å². The number of ether oxygens (including phenoxy) is 1. The van der Waals surface area contributed by atoms with Crippen LogP contribution in [0.4, 0.5) is 0 Å². The molecule has 8 heteroatoms. The third-order valence-corrected chi connectivity index (χ3v) is 6.20. The molecule has 30 heavy (non-hydrogen) atoms. The SMILES string of the molecule is Cc1ccc(S(=O)(=O)/N=C(\Cc2cc(-c3ccccc3)no2)N2CCOCC2)cc1. The molecule has 1 saturated heterocycles. The van der Waals surface area contributed by atoms with Crippen LogP contribution in [0.15, 0.2) is 74.5 Å². The zero-order valence-electron chi connectivity index (χ0n) is 16.7. The topological polar surface area (TPSA) is 85.0 Å². The average Bonchev–Trinajstić information content (AvgIpc) is 3.23. The number of sulfonamides is 1. The van der Waals surface area contributed by atoms with Crippen LogP contribution in [0, 0.1) is 6.92 Å². The molecule has 1 aliphatic rings. The number of aromatic nitrogens is 1. The Morgan fingerprint density at radius 3 is 2.47 bits per heavy atom. The average molecular weight is 426 g/mol. The van der Waals surface area contributed by atoms with Crippen molar-refractivity contribution in [2.24, 2.45) is 4.40 Å². The second-order valence-electron chi connectivity index (χ2n) is 7.12. The van der Waals surface area contributed by atoms with Crippen molar-refractivity contribution in [1.29, 1.82) is 0 Å². The van der Waals surface area contributed by atoms with Crippen LogP contribution in [0.25, 0.3) is 11.3 Å². The molecule has 0 atom stereocenters. The van der Waals surface area contributed by atoms with Gasteiger partial charge in [-0.25, -0.2) is 0 Å². The normalized spacial score (nSPS) is 15.4. The van der Waals surface area contributed by atoms with Crippen LogP contribution in [0.2, 0.25) is 0 Å². The van der Waals surface area contributed by atoms with E-state index in [1.54, 1.807) is 24.3 Å². The Morgan fingerprint density at radius 1 is 1.07 bits per heavy atom. The third-order valence-electron chi connectivity index (χ3n) is 4.88. The van der Waals surface area contributed by atoms with Gasteiger partial charge in [-0.3, -0.25) is 0 Å². The van der Waals surface area contributed by atoms with E-state index < -0.39 is 10.0 Å². The largest absolute Gasteiger partial charge is 0.378 e. The summed E-state index contributed by atoms with van der Waals surface area (Å²) in [5.41, 5.74) is 2.62. The summed E-state index contributed by atoms with van der Waals surface area (Å²) in [7, 11) is -3.85. The first-order valence-corrected chi connectivity index (χ1v) is 11.2. The molecule has 0 spiro atoms. The fourth-order valence-corrected chi connectivity index (χ4v) is 4.26. The summed E-state index contributed by atoms with van der Waals surface area (Å²) in [6, 6.07) is 18.2. The number of nitrogens with zero attached hydrogens (tertiary/aromatic N) is 3. The van der Waals surface area contributed by atoms with E-state index in [0.717, 1.165) is 11.1 Å². The molecule has 0 bridgehead atoms. The van der Waals surface area contributed by atoms with Crippen molar-refractivity contribution in [3.05, 3.63) is 72.0 Å². The molecule has 1 fully saturated rings. The molecule has 0 unspecified atom stereocenters. The van der Waals surface area contributed by atoms with Gasteiger partial charge in [0.1, 0.15) is 17.3 Å². The predicted molar refractivity (Wildman–Crippen MR) is 114 cm³/mol. The highest BCUT2D eigenvalue weighted by Gasteiger charge is 2.22. The molecule has 1 aromatic heterocycles. The van der Waals surface area contributed by atoms with Crippen LogP contribution in [0.3, 0.4) is 0 Å². The molecule has 0 N–H and O–H groups in total. The highest BCUT2D eigenvalue weighted by atomic mass is 32.2. The van der Waals surface area contributed by atoms with Gasteiger partial charge in [-0.1, -0.05) is 53.2 Å². The van der Waals surface area contributed by atoms with Gasteiger partial charge in [-0.15, -0.1) is 4.40 Å². The Hall–Kier alpha value is -2.97. The lowest BCUT2D eigenvalue weighted by molar-refractivity contribution is 0.0673. The van der Waals surface area contributed by atoms with Crippen molar-refractivity contribution >= 4 is 15.9 Å². The minimum absolute atomic E-state index is 0.168. The molecule has 1 aliphatic heterocycles. The number of morpholine rings is 1. The van der Waals surface area contributed by atoms with Crippen molar-refractivity contribution in [2.75, 3.05) is 26.3 Å². The first kappa shape index (κ1) is 20.3. The molecule has 2 aromatic carbocycles. The minimum Gasteiger partial charge on any atom is -0.378 e. The molecule has 4 rings (SSSR count). The van der Waals surface area contributed by atoms with Gasteiger partial charge < -0.3 is 14.2 Å². The molecule has 3 aromatic rings. The second kappa shape index (κ2) is 8.81. The van der Waals surface area contributed by atoms with Gasteiger partial charge in [-0.2, -0.15) is 8.42 Å². The molecule has 0 radical (unpaired) electrons. The minimum atomic E-state index is -3.85. The third kappa shape index (κ3) is 4.77. The molecule has 156 valence electrons. The fraction of sp³-hybridized carbons (Fsp3) is 0.273. The number of benzene rings is 2. The van der Waals surface area contributed by atoms with Crippen LogP contribution >= 0.6 is 0 Å². The molecular weight excluding hydrogens is 402 g/mol. The molecule has 7 nitrogen and oxygen atoms in total. The molecule has 0 saturated carbocycles. The van der Waals surface area contributed by atoms with Crippen LogP contribution in [0.5, 0.6) is 0 Å². The van der Waals surface area contributed by atoms with E-state index >= 15 is 0 Å². The monoisotopic (exact) mass is 425 g/mol. The summed E-state index contributed by atoms with van der Waals surface area (Å²) in [4.78, 5) is 2.10. The Labute approximate surface area is 176 Å². The van der Waals surface area contributed by atoms with Crippen LogP contribution in [0.1, 0.15) is 11.3 Å². The maximum atomic E-state index is 12.9. The van der Waals surface area contributed by atoms with E-state index in [1.807, 2.05) is 48.2 Å². The van der Waals surface area contributed by atoms with Gasteiger partial charge in [0.25, 0.3) is 10.0 Å². The summed E-state index contributed by atoms with van der Waals surface area (Å²) < 4.78 is 40.9. The van der Waals surface area contributed by atoms with E-state index in [2.05, 4.69) is 9.55 Å². The molecule has 0 aliphatic carbocycles. The maximum Gasteiger partial charge on any atom is 0.283 e. The number of hydrogen-bond donors (Lipinski definition) is 0. The van der Waals surface area contributed by atoms with Crippen LogP contribution < -0.4 is 0 Å². The van der Waals surface area contributed by atoms with E-state index in [0.29, 0.717) is 43.6 Å². The van der Waals surface area contributed by atoms with E-state index in [9.17, 15) is 8.42 Å². The Bertz CT molecular complexity index is 1120. The summed E-state index contributed by atoms with van der Waals surface area (Å²) in [6.45, 7) is 4.10. The summed E-state index contributed by atoms with van der Waals surface area (Å²) in [6.07, 6.45) is 0.227. The standard InChI is InChI=1S/C22H23N3O4S/c1-17-7-9-20(10-8-17)30(26,27)24-22(25-11-13-28-14-12-25)16-19-15-21(23-29-19)18-5-3-2-4-6-18/h2-10,15H,11-14,16H2,1H3/b24-22+. The van der Waals surface area contributed by atoms with Gasteiger partial charge in [0.2, 0.25) is 0 Å². The van der Waals surface area contributed by atoms with E-state index in [4.69, 9.17) is 9.26 Å². The lowest BCUT2D eigenvalue weighted by Gasteiger charge is -2.29. The van der Waals surface area contributed by atoms with Gasteiger partial charge in [0.15, 0.2) is 0 Å². The van der Waals surface area contributed by atoms with Gasteiger partial charge in [0.05, 0.1) is 24.5 Å². The van der Waals surface area contributed by atoms with Gasteiger partial charge in [0, 0.05) is 24.7 Å². The number of amidine groups is 1. The zero-order chi connectivity index (χ0) is 21.0. The van der Waals surface area contributed by atoms with Crippen LogP contribution in [-0.4, -0.2) is 50.6 Å². The Kier molecular flexibility index (Phi) is 5.96. The summed E-state index contributed by atoms with van der Waals surface area (Å²) in [5, 5.41) is 4.13. The number of aryl methyl sites for hydroxylation is 1. The van der Waals surface area contributed by atoms with Crippen molar-refractivity contribution in [1.82, 2.24) is 10.1 Å². The van der Waals surface area contributed by atoms with Crippen LogP contribution in [-0.2, 0) is 21.2 Å². The van der Waals surface area contributed by atoms with Crippen molar-refractivity contribution in [2.45, 2.75) is 18.2 Å². The Morgan fingerprint density at radius 2 is 1.77 bits per heavy atom. The first-order chi connectivity index (χ1) is 14.5. The lowest BCUT2D eigenvalue weighted by Crippen LogP contribution is -2.42. The van der Waals surface area contributed by atoms with Crippen molar-refractivity contribution in [3.63, 3.8) is 0 Å². The smallest absolute Gasteiger partial charge is 0.283 e.